The second-order valence-electron chi connectivity index (χ2n) is 4.00. The average Bonchev–Trinajstić information content (AvgIpc) is 2.44. The van der Waals surface area contributed by atoms with E-state index in [1.54, 1.807) is 0 Å². The number of nitrogens with one attached hydrogen (secondary N) is 1. The van der Waals surface area contributed by atoms with Crippen molar-refractivity contribution >= 4 is 44.7 Å². The molecule has 1 amide bonds. The largest absolute Gasteiger partial charge is 0.389 e. The lowest BCUT2D eigenvalue weighted by atomic mass is 10.2. The fourth-order valence-electron chi connectivity index (χ4n) is 1.48. The summed E-state index contributed by atoms with van der Waals surface area (Å²) in [6.07, 6.45) is 1.34. The van der Waals surface area contributed by atoms with Gasteiger partial charge in [0.25, 0.3) is 5.91 Å². The van der Waals surface area contributed by atoms with Crippen LogP contribution in [-0.4, -0.2) is 15.9 Å². The minimum Gasteiger partial charge on any atom is -0.389 e. The van der Waals surface area contributed by atoms with Crippen LogP contribution in [0.15, 0.2) is 34.9 Å². The van der Waals surface area contributed by atoms with Crippen LogP contribution in [0.25, 0.3) is 0 Å². The van der Waals surface area contributed by atoms with Crippen LogP contribution in [0.1, 0.15) is 16.1 Å². The van der Waals surface area contributed by atoms with Crippen LogP contribution < -0.4 is 11.1 Å². The molecule has 4 nitrogen and oxygen atoms in total. The third-order valence-electron chi connectivity index (χ3n) is 2.54. The highest BCUT2D eigenvalue weighted by Crippen LogP contribution is 2.24. The minimum atomic E-state index is -0.885. The Hall–Kier alpha value is -1.93. The highest BCUT2D eigenvalue weighted by Gasteiger charge is 2.13. The number of hydrogen-bond acceptors (Lipinski definition) is 3. The molecule has 2 rings (SSSR count). The zero-order valence-electron chi connectivity index (χ0n) is 10.4. The Morgan fingerprint density at radius 2 is 2.00 bits per heavy atom. The lowest BCUT2D eigenvalue weighted by molar-refractivity contribution is 0.102. The summed E-state index contributed by atoms with van der Waals surface area (Å²) in [5.41, 5.74) is 5.82. The highest BCUT2D eigenvalue weighted by atomic mass is 79.9. The number of nitrogens with two attached hydrogens (primary N) is 1. The predicted molar refractivity (Wildman–Crippen MR) is 82.1 cm³/mol. The number of carbonyl (C=O) groups excluding carboxylic acids is 1. The van der Waals surface area contributed by atoms with E-state index in [1.807, 2.05) is 0 Å². The molecule has 0 saturated carbocycles. The topological polar surface area (TPSA) is 68.0 Å². The second-order valence-corrected chi connectivity index (χ2v) is 5.29. The lowest BCUT2D eigenvalue weighted by Crippen LogP contribution is -2.16. The Bertz CT molecular complexity index is 722. The van der Waals surface area contributed by atoms with E-state index in [0.29, 0.717) is 11.6 Å². The van der Waals surface area contributed by atoms with Crippen LogP contribution in [0, 0.1) is 11.6 Å². The third-order valence-corrected chi connectivity index (χ3v) is 3.38. The van der Waals surface area contributed by atoms with Gasteiger partial charge in [-0.2, -0.15) is 0 Å². The van der Waals surface area contributed by atoms with Crippen LogP contribution in [0.4, 0.5) is 14.5 Å². The molecule has 8 heteroatoms. The number of rotatable bonds is 3. The van der Waals surface area contributed by atoms with Gasteiger partial charge in [-0.3, -0.25) is 9.78 Å². The molecule has 0 bridgehead atoms. The van der Waals surface area contributed by atoms with E-state index in [-0.39, 0.29) is 20.8 Å². The monoisotopic (exact) mass is 371 g/mol. The van der Waals surface area contributed by atoms with E-state index in [9.17, 15) is 13.6 Å². The number of thiocarbonyl (C=S) groups is 1. The van der Waals surface area contributed by atoms with Gasteiger partial charge in [-0.25, -0.2) is 8.78 Å². The summed E-state index contributed by atoms with van der Waals surface area (Å²) in [6.45, 7) is 0. The Kier molecular flexibility index (Phi) is 4.59. The molecular weight excluding hydrogens is 364 g/mol. The summed E-state index contributed by atoms with van der Waals surface area (Å²) in [5, 5.41) is 2.31. The number of hydrogen-bond donors (Lipinski definition) is 2. The van der Waals surface area contributed by atoms with Crippen LogP contribution >= 0.6 is 28.1 Å². The van der Waals surface area contributed by atoms with E-state index < -0.39 is 17.5 Å². The maximum absolute atomic E-state index is 13.5. The summed E-state index contributed by atoms with van der Waals surface area (Å²) in [7, 11) is 0. The smallest absolute Gasteiger partial charge is 0.274 e. The number of aromatic nitrogens is 1. The number of nitrogens with zero attached hydrogens (tertiary/aromatic N) is 1. The number of halogens is 3. The van der Waals surface area contributed by atoms with Crippen LogP contribution in [0.3, 0.4) is 0 Å². The van der Waals surface area contributed by atoms with Crippen molar-refractivity contribution in [1.82, 2.24) is 4.98 Å². The first-order valence-corrected chi connectivity index (χ1v) is 6.80. The molecule has 0 unspecified atom stereocenters. The quantitative estimate of drug-likeness (QED) is 0.642. The van der Waals surface area contributed by atoms with Crippen molar-refractivity contribution in [3.8, 4) is 0 Å². The number of amides is 1. The molecule has 0 aliphatic heterocycles. The van der Waals surface area contributed by atoms with Gasteiger partial charge in [0.15, 0.2) is 0 Å². The Morgan fingerprint density at radius 1 is 1.29 bits per heavy atom. The van der Waals surface area contributed by atoms with Gasteiger partial charge >= 0.3 is 0 Å². The zero-order chi connectivity index (χ0) is 15.6. The first kappa shape index (κ1) is 15.5. The van der Waals surface area contributed by atoms with Crippen molar-refractivity contribution in [1.29, 1.82) is 0 Å². The molecule has 1 heterocycles. The number of anilines is 1. The van der Waals surface area contributed by atoms with Crippen molar-refractivity contribution < 1.29 is 13.6 Å². The lowest BCUT2D eigenvalue weighted by Gasteiger charge is -2.07. The fraction of sp³-hybridized carbons (Fsp3) is 0. The molecule has 3 N–H and O–H groups in total. The van der Waals surface area contributed by atoms with Gasteiger partial charge in [0.2, 0.25) is 0 Å². The van der Waals surface area contributed by atoms with Crippen molar-refractivity contribution in [2.24, 2.45) is 5.73 Å². The van der Waals surface area contributed by atoms with E-state index in [1.165, 1.54) is 18.3 Å². The van der Waals surface area contributed by atoms with Crippen molar-refractivity contribution in [3.63, 3.8) is 0 Å². The van der Waals surface area contributed by atoms with Gasteiger partial charge in [0.05, 0.1) is 10.2 Å². The number of pyridine rings is 1. The minimum absolute atomic E-state index is 0.0380. The van der Waals surface area contributed by atoms with E-state index >= 15 is 0 Å². The van der Waals surface area contributed by atoms with Gasteiger partial charge in [-0.05, 0) is 34.1 Å². The second kappa shape index (κ2) is 6.23. The zero-order valence-corrected chi connectivity index (χ0v) is 12.8. The molecule has 0 aliphatic rings. The van der Waals surface area contributed by atoms with E-state index in [2.05, 4.69) is 26.2 Å². The molecule has 21 heavy (non-hydrogen) atoms. The summed E-state index contributed by atoms with van der Waals surface area (Å²) in [6, 6.07) is 4.73. The Morgan fingerprint density at radius 3 is 2.57 bits per heavy atom. The first-order chi connectivity index (χ1) is 9.88. The summed E-state index contributed by atoms with van der Waals surface area (Å²) in [5.74, 6) is -2.28. The maximum Gasteiger partial charge on any atom is 0.274 e. The Balaban J connectivity index is 2.22. The molecule has 108 valence electrons. The average molecular weight is 372 g/mol. The number of benzene rings is 1. The molecule has 0 spiro atoms. The summed E-state index contributed by atoms with van der Waals surface area (Å²) in [4.78, 5) is 16.0. The normalized spacial score (nSPS) is 10.2. The van der Waals surface area contributed by atoms with Gasteiger partial charge in [0, 0.05) is 17.8 Å². The SMILES string of the molecule is NC(=S)c1ccc(C(=O)Nc2cc(Br)c(F)cc2F)nc1. The van der Waals surface area contributed by atoms with Gasteiger partial charge < -0.3 is 11.1 Å². The van der Waals surface area contributed by atoms with Crippen LogP contribution in [-0.2, 0) is 0 Å². The van der Waals surface area contributed by atoms with Gasteiger partial charge in [-0.1, -0.05) is 12.2 Å². The third kappa shape index (κ3) is 3.59. The standard InChI is InChI=1S/C13H8BrF2N3OS/c14-7-3-11(9(16)4-8(7)15)19-13(20)10-2-1-6(5-18-10)12(17)21/h1-5H,(H2,17,21)(H,19,20). The van der Waals surface area contributed by atoms with Gasteiger partial charge in [-0.15, -0.1) is 0 Å². The van der Waals surface area contributed by atoms with Crippen LogP contribution in [0.2, 0.25) is 0 Å². The molecule has 1 aromatic heterocycles. The maximum atomic E-state index is 13.5. The molecule has 0 saturated heterocycles. The molecule has 0 aliphatic carbocycles. The van der Waals surface area contributed by atoms with Crippen molar-refractivity contribution in [2.45, 2.75) is 0 Å². The fourth-order valence-corrected chi connectivity index (χ4v) is 1.94. The molecule has 1 aromatic carbocycles. The first-order valence-electron chi connectivity index (χ1n) is 5.60. The molecular formula is C13H8BrF2N3OS. The van der Waals surface area contributed by atoms with Gasteiger partial charge in [0.1, 0.15) is 22.3 Å². The summed E-state index contributed by atoms with van der Waals surface area (Å²) < 4.78 is 26.7. The Labute approximate surface area is 132 Å². The highest BCUT2D eigenvalue weighted by molar-refractivity contribution is 9.10. The molecule has 0 fully saturated rings. The predicted octanol–water partition coefficient (Wildman–Crippen LogP) is 3.01. The van der Waals surface area contributed by atoms with Crippen molar-refractivity contribution in [2.75, 3.05) is 5.32 Å². The van der Waals surface area contributed by atoms with E-state index in [0.717, 1.165) is 6.07 Å². The molecule has 0 radical (unpaired) electrons. The number of carbonyl (C=O) groups is 1. The molecule has 2 aromatic rings. The summed E-state index contributed by atoms with van der Waals surface area (Å²) >= 11 is 7.68. The van der Waals surface area contributed by atoms with Crippen LogP contribution in [0.5, 0.6) is 0 Å². The molecule has 0 atom stereocenters. The van der Waals surface area contributed by atoms with Crippen molar-refractivity contribution in [3.05, 3.63) is 57.8 Å². The van der Waals surface area contributed by atoms with E-state index in [4.69, 9.17) is 18.0 Å².